The fourth-order valence-electron chi connectivity index (χ4n) is 1.62. The van der Waals surface area contributed by atoms with Crippen LogP contribution < -0.4 is 5.43 Å². The second kappa shape index (κ2) is 5.61. The molecule has 0 aliphatic heterocycles. The molecular weight excluding hydrogens is 246 g/mol. The Morgan fingerprint density at radius 3 is 2.37 bits per heavy atom. The van der Waals surface area contributed by atoms with Crippen molar-refractivity contribution in [3.05, 3.63) is 65.2 Å². The molecule has 0 spiro atoms. The van der Waals surface area contributed by atoms with Crippen molar-refractivity contribution in [2.24, 2.45) is 5.10 Å². The summed E-state index contributed by atoms with van der Waals surface area (Å²) in [5, 5.41) is 4.09. The second-order valence-corrected chi connectivity index (χ2v) is 4.30. The van der Waals surface area contributed by atoms with Crippen LogP contribution in [0.2, 0.25) is 0 Å². The highest BCUT2D eigenvalue weighted by Gasteiger charge is 2.06. The van der Waals surface area contributed by atoms with Crippen LogP contribution in [0.1, 0.15) is 18.1 Å². The summed E-state index contributed by atoms with van der Waals surface area (Å²) < 4.78 is 26.3. The zero-order chi connectivity index (χ0) is 13.8. The number of hydrazone groups is 1. The Morgan fingerprint density at radius 2 is 1.74 bits per heavy atom. The fourth-order valence-corrected chi connectivity index (χ4v) is 1.62. The number of nitrogens with one attached hydrogen (secondary N) is 1. The van der Waals surface area contributed by atoms with Crippen LogP contribution in [0.25, 0.3) is 0 Å². The van der Waals surface area contributed by atoms with Gasteiger partial charge in [0.15, 0.2) is 0 Å². The SMILES string of the molecule is C/C(=N/Nc1ccc(C)cc1)c1ccc(F)cc1F. The minimum Gasteiger partial charge on any atom is -0.278 e. The van der Waals surface area contributed by atoms with Crippen molar-refractivity contribution >= 4 is 11.4 Å². The summed E-state index contributed by atoms with van der Waals surface area (Å²) in [6, 6.07) is 11.1. The third kappa shape index (κ3) is 3.37. The van der Waals surface area contributed by atoms with Gasteiger partial charge in [0.25, 0.3) is 0 Å². The van der Waals surface area contributed by atoms with Crippen LogP contribution in [0.15, 0.2) is 47.6 Å². The summed E-state index contributed by atoms with van der Waals surface area (Å²) >= 11 is 0. The van der Waals surface area contributed by atoms with E-state index in [2.05, 4.69) is 10.5 Å². The third-order valence-electron chi connectivity index (χ3n) is 2.73. The number of halogens is 2. The molecule has 19 heavy (non-hydrogen) atoms. The Hall–Kier alpha value is -2.23. The number of anilines is 1. The molecule has 2 nitrogen and oxygen atoms in total. The first-order chi connectivity index (χ1) is 9.06. The number of hydrogen-bond donors (Lipinski definition) is 1. The van der Waals surface area contributed by atoms with Gasteiger partial charge in [0.05, 0.1) is 11.4 Å². The highest BCUT2D eigenvalue weighted by Crippen LogP contribution is 2.12. The standard InChI is InChI=1S/C15H14F2N2/c1-10-3-6-13(7-4-10)19-18-11(2)14-8-5-12(16)9-15(14)17/h3-9,19H,1-2H3/b18-11-. The summed E-state index contributed by atoms with van der Waals surface area (Å²) in [7, 11) is 0. The molecule has 0 heterocycles. The minimum atomic E-state index is -0.619. The molecule has 0 radical (unpaired) electrons. The molecule has 98 valence electrons. The molecule has 1 N–H and O–H groups in total. The van der Waals surface area contributed by atoms with Crippen molar-refractivity contribution in [1.82, 2.24) is 0 Å². The average molecular weight is 260 g/mol. The molecule has 0 saturated carbocycles. The van der Waals surface area contributed by atoms with Gasteiger partial charge in [-0.3, -0.25) is 5.43 Å². The van der Waals surface area contributed by atoms with E-state index < -0.39 is 11.6 Å². The predicted molar refractivity (Wildman–Crippen MR) is 73.4 cm³/mol. The number of rotatable bonds is 3. The monoisotopic (exact) mass is 260 g/mol. The molecule has 2 aromatic rings. The molecule has 0 amide bonds. The Balaban J connectivity index is 2.16. The van der Waals surface area contributed by atoms with Gasteiger partial charge >= 0.3 is 0 Å². The van der Waals surface area contributed by atoms with E-state index in [-0.39, 0.29) is 5.56 Å². The summed E-state index contributed by atoms with van der Waals surface area (Å²) in [5.74, 6) is -1.22. The van der Waals surface area contributed by atoms with Gasteiger partial charge < -0.3 is 0 Å². The van der Waals surface area contributed by atoms with Gasteiger partial charge in [-0.05, 0) is 38.1 Å². The lowest BCUT2D eigenvalue weighted by Crippen LogP contribution is -2.03. The van der Waals surface area contributed by atoms with Crippen LogP contribution >= 0.6 is 0 Å². The molecule has 0 unspecified atom stereocenters. The third-order valence-corrected chi connectivity index (χ3v) is 2.73. The molecular formula is C15H14F2N2. The van der Waals surface area contributed by atoms with Crippen LogP contribution in [0.3, 0.4) is 0 Å². The maximum Gasteiger partial charge on any atom is 0.135 e. The summed E-state index contributed by atoms with van der Waals surface area (Å²) in [6.45, 7) is 3.66. The van der Waals surface area contributed by atoms with Gasteiger partial charge in [0.1, 0.15) is 11.6 Å². The van der Waals surface area contributed by atoms with E-state index in [9.17, 15) is 8.78 Å². The Bertz CT molecular complexity index is 604. The summed E-state index contributed by atoms with van der Waals surface area (Å²) in [4.78, 5) is 0. The summed E-state index contributed by atoms with van der Waals surface area (Å²) in [5.41, 5.74) is 5.54. The molecule has 0 aromatic heterocycles. The number of nitrogens with zero attached hydrogens (tertiary/aromatic N) is 1. The maximum atomic E-state index is 13.5. The van der Waals surface area contributed by atoms with Crippen molar-refractivity contribution < 1.29 is 8.78 Å². The van der Waals surface area contributed by atoms with Crippen LogP contribution in [0.5, 0.6) is 0 Å². The normalized spacial score (nSPS) is 11.5. The lowest BCUT2D eigenvalue weighted by molar-refractivity contribution is 0.581. The topological polar surface area (TPSA) is 24.4 Å². The minimum absolute atomic E-state index is 0.279. The smallest absolute Gasteiger partial charge is 0.135 e. The van der Waals surface area contributed by atoms with E-state index in [0.717, 1.165) is 17.3 Å². The van der Waals surface area contributed by atoms with Crippen molar-refractivity contribution in [2.45, 2.75) is 13.8 Å². The van der Waals surface area contributed by atoms with Crippen LogP contribution in [-0.4, -0.2) is 5.71 Å². The summed E-state index contributed by atoms with van der Waals surface area (Å²) in [6.07, 6.45) is 0. The van der Waals surface area contributed by atoms with Gasteiger partial charge in [0.2, 0.25) is 0 Å². The van der Waals surface area contributed by atoms with E-state index in [1.807, 2.05) is 31.2 Å². The van der Waals surface area contributed by atoms with Crippen LogP contribution in [0, 0.1) is 18.6 Å². The molecule has 2 aromatic carbocycles. The van der Waals surface area contributed by atoms with E-state index in [0.29, 0.717) is 5.71 Å². The lowest BCUT2D eigenvalue weighted by Gasteiger charge is -2.05. The van der Waals surface area contributed by atoms with E-state index in [4.69, 9.17) is 0 Å². The quantitative estimate of drug-likeness (QED) is 0.651. The van der Waals surface area contributed by atoms with E-state index in [1.165, 1.54) is 12.1 Å². The first-order valence-corrected chi connectivity index (χ1v) is 5.88. The molecule has 0 fully saturated rings. The van der Waals surface area contributed by atoms with Gasteiger partial charge in [-0.2, -0.15) is 5.10 Å². The Morgan fingerprint density at radius 1 is 1.05 bits per heavy atom. The van der Waals surface area contributed by atoms with E-state index in [1.54, 1.807) is 6.92 Å². The molecule has 0 bridgehead atoms. The molecule has 0 aliphatic carbocycles. The number of hydrogen-bond acceptors (Lipinski definition) is 2. The fraction of sp³-hybridized carbons (Fsp3) is 0.133. The molecule has 4 heteroatoms. The number of aryl methyl sites for hydroxylation is 1. The highest BCUT2D eigenvalue weighted by molar-refractivity contribution is 5.99. The van der Waals surface area contributed by atoms with Gasteiger partial charge in [-0.1, -0.05) is 17.7 Å². The van der Waals surface area contributed by atoms with Crippen molar-refractivity contribution in [3.8, 4) is 0 Å². The maximum absolute atomic E-state index is 13.5. The Labute approximate surface area is 110 Å². The van der Waals surface area contributed by atoms with Gasteiger partial charge in [-0.25, -0.2) is 8.78 Å². The zero-order valence-corrected chi connectivity index (χ0v) is 10.7. The van der Waals surface area contributed by atoms with Crippen molar-refractivity contribution in [2.75, 3.05) is 5.43 Å². The Kier molecular flexibility index (Phi) is 3.90. The molecule has 0 saturated heterocycles. The second-order valence-electron chi connectivity index (χ2n) is 4.30. The van der Waals surface area contributed by atoms with Crippen LogP contribution in [-0.2, 0) is 0 Å². The van der Waals surface area contributed by atoms with E-state index >= 15 is 0 Å². The van der Waals surface area contributed by atoms with Crippen LogP contribution in [0.4, 0.5) is 14.5 Å². The van der Waals surface area contributed by atoms with Gasteiger partial charge in [-0.15, -0.1) is 0 Å². The van der Waals surface area contributed by atoms with Gasteiger partial charge in [0, 0.05) is 11.6 Å². The first kappa shape index (κ1) is 13.2. The average Bonchev–Trinajstić information content (AvgIpc) is 2.37. The lowest BCUT2D eigenvalue weighted by atomic mass is 10.1. The first-order valence-electron chi connectivity index (χ1n) is 5.88. The molecule has 0 aliphatic rings. The number of benzene rings is 2. The predicted octanol–water partition coefficient (Wildman–Crippen LogP) is 4.11. The molecule has 0 atom stereocenters. The van der Waals surface area contributed by atoms with Crippen molar-refractivity contribution in [3.63, 3.8) is 0 Å². The molecule has 2 rings (SSSR count). The largest absolute Gasteiger partial charge is 0.278 e. The van der Waals surface area contributed by atoms with Crippen molar-refractivity contribution in [1.29, 1.82) is 0 Å². The highest BCUT2D eigenvalue weighted by atomic mass is 19.1. The zero-order valence-electron chi connectivity index (χ0n) is 10.7.